The van der Waals surface area contributed by atoms with E-state index in [1.54, 1.807) is 23.5 Å². The third-order valence-electron chi connectivity index (χ3n) is 4.45. The summed E-state index contributed by atoms with van der Waals surface area (Å²) in [6.07, 6.45) is 4.04. The van der Waals surface area contributed by atoms with Crippen LogP contribution in [0, 0.1) is 0 Å². The molecule has 0 saturated carbocycles. The highest BCUT2D eigenvalue weighted by molar-refractivity contribution is 7.86. The fraction of sp³-hybridized carbons (Fsp3) is 0.444. The molecule has 1 saturated heterocycles. The minimum absolute atomic E-state index is 0.215. The van der Waals surface area contributed by atoms with Crippen molar-refractivity contribution in [2.75, 3.05) is 20.1 Å². The number of nitrogens with zero attached hydrogens (tertiary/aromatic N) is 2. The van der Waals surface area contributed by atoms with Gasteiger partial charge in [-0.05, 0) is 49.2 Å². The van der Waals surface area contributed by atoms with E-state index in [-0.39, 0.29) is 6.54 Å². The average Bonchev–Trinajstić information content (AvgIpc) is 2.87. The highest BCUT2D eigenvalue weighted by atomic mass is 35.5. The average molecular weight is 383 g/mol. The fourth-order valence-corrected chi connectivity index (χ4v) is 4.53. The molecule has 5 nitrogen and oxygen atoms in total. The Balaban J connectivity index is 1.70. The predicted molar refractivity (Wildman–Crippen MR) is 99.6 cm³/mol. The Kier molecular flexibility index (Phi) is 5.84. The first-order valence-electron chi connectivity index (χ1n) is 8.53. The molecule has 2 heterocycles. The monoisotopic (exact) mass is 382 g/mol. The Bertz CT molecular complexity index is 794. The maximum atomic E-state index is 12.8. The third-order valence-corrected chi connectivity index (χ3v) is 6.64. The molecule has 1 aliphatic heterocycles. The first-order chi connectivity index (χ1) is 12.0. The van der Waals surface area contributed by atoms with Crippen LogP contribution in [0.15, 0.2) is 40.8 Å². The van der Waals surface area contributed by atoms with Gasteiger partial charge in [0.1, 0.15) is 11.5 Å². The molecule has 0 aliphatic carbocycles. The van der Waals surface area contributed by atoms with Crippen molar-refractivity contribution in [3.05, 3.63) is 47.2 Å². The first kappa shape index (κ1) is 18.5. The molecule has 1 aromatic carbocycles. The second-order valence-electron chi connectivity index (χ2n) is 6.35. The van der Waals surface area contributed by atoms with Crippen molar-refractivity contribution in [3.63, 3.8) is 0 Å². The van der Waals surface area contributed by atoms with Gasteiger partial charge in [0.05, 0.1) is 6.54 Å². The molecule has 0 radical (unpaired) electrons. The summed E-state index contributed by atoms with van der Waals surface area (Å²) in [5.74, 6) is 1.32. The van der Waals surface area contributed by atoms with Crippen molar-refractivity contribution in [2.45, 2.75) is 32.2 Å². The van der Waals surface area contributed by atoms with E-state index in [9.17, 15) is 8.42 Å². The van der Waals surface area contributed by atoms with Gasteiger partial charge >= 0.3 is 0 Å². The van der Waals surface area contributed by atoms with Gasteiger partial charge in [0, 0.05) is 30.7 Å². The zero-order chi connectivity index (χ0) is 17.9. The quantitative estimate of drug-likeness (QED) is 0.780. The molecule has 1 fully saturated rings. The van der Waals surface area contributed by atoms with Crippen LogP contribution in [0.25, 0.3) is 11.3 Å². The fourth-order valence-electron chi connectivity index (χ4n) is 3.00. The Morgan fingerprint density at radius 3 is 2.32 bits per heavy atom. The molecule has 0 atom stereocenters. The summed E-state index contributed by atoms with van der Waals surface area (Å²) in [6, 6.07) is 11.0. The Labute approximate surface area is 154 Å². The lowest BCUT2D eigenvalue weighted by atomic mass is 10.2. The van der Waals surface area contributed by atoms with E-state index in [2.05, 4.69) is 0 Å². The standard InChI is InChI=1S/C18H23ClN2O3S/c1-20(25(22,23)21-12-4-2-3-5-13-21)14-17-10-11-18(24-17)15-6-8-16(19)9-7-15/h6-11H,2-5,12-14H2,1H3. The molecule has 1 aliphatic rings. The zero-order valence-corrected chi connectivity index (χ0v) is 15.9. The molecular weight excluding hydrogens is 360 g/mol. The zero-order valence-electron chi connectivity index (χ0n) is 14.3. The summed E-state index contributed by atoms with van der Waals surface area (Å²) >= 11 is 5.90. The largest absolute Gasteiger partial charge is 0.460 e. The van der Waals surface area contributed by atoms with Crippen molar-refractivity contribution in [1.29, 1.82) is 0 Å². The number of rotatable bonds is 5. The van der Waals surface area contributed by atoms with Gasteiger partial charge in [-0.3, -0.25) is 0 Å². The molecule has 25 heavy (non-hydrogen) atoms. The summed E-state index contributed by atoms with van der Waals surface area (Å²) in [4.78, 5) is 0. The topological polar surface area (TPSA) is 53.8 Å². The van der Waals surface area contributed by atoms with Gasteiger partial charge in [-0.1, -0.05) is 24.4 Å². The Hall–Kier alpha value is -1.34. The molecule has 0 amide bonds. The van der Waals surface area contributed by atoms with Gasteiger partial charge in [0.15, 0.2) is 0 Å². The molecule has 1 aromatic heterocycles. The lowest BCUT2D eigenvalue weighted by Crippen LogP contribution is -2.41. The number of benzene rings is 1. The van der Waals surface area contributed by atoms with E-state index < -0.39 is 10.2 Å². The first-order valence-corrected chi connectivity index (χ1v) is 10.3. The maximum Gasteiger partial charge on any atom is 0.282 e. The number of halogens is 1. The van der Waals surface area contributed by atoms with E-state index in [0.29, 0.717) is 29.6 Å². The van der Waals surface area contributed by atoms with E-state index in [1.165, 1.54) is 4.31 Å². The van der Waals surface area contributed by atoms with Crippen LogP contribution in [0.2, 0.25) is 5.02 Å². The highest BCUT2D eigenvalue weighted by Crippen LogP contribution is 2.25. The van der Waals surface area contributed by atoms with E-state index in [4.69, 9.17) is 16.0 Å². The van der Waals surface area contributed by atoms with Crippen LogP contribution in [-0.2, 0) is 16.8 Å². The Morgan fingerprint density at radius 1 is 1.04 bits per heavy atom. The van der Waals surface area contributed by atoms with Gasteiger partial charge in [0.25, 0.3) is 10.2 Å². The summed E-state index contributed by atoms with van der Waals surface area (Å²) in [5.41, 5.74) is 0.911. The van der Waals surface area contributed by atoms with Crippen molar-refractivity contribution < 1.29 is 12.8 Å². The summed E-state index contributed by atoms with van der Waals surface area (Å²) in [7, 11) is -1.85. The number of hydrogen-bond acceptors (Lipinski definition) is 3. The summed E-state index contributed by atoms with van der Waals surface area (Å²) in [6.45, 7) is 1.41. The van der Waals surface area contributed by atoms with Crippen LogP contribution in [0.4, 0.5) is 0 Å². The lowest BCUT2D eigenvalue weighted by molar-refractivity contribution is 0.347. The minimum atomic E-state index is -3.46. The predicted octanol–water partition coefficient (Wildman–Crippen LogP) is 4.15. The van der Waals surface area contributed by atoms with Crippen molar-refractivity contribution in [3.8, 4) is 11.3 Å². The maximum absolute atomic E-state index is 12.8. The van der Waals surface area contributed by atoms with Crippen LogP contribution >= 0.6 is 11.6 Å². The van der Waals surface area contributed by atoms with Gasteiger partial charge in [0.2, 0.25) is 0 Å². The number of hydrogen-bond donors (Lipinski definition) is 0. The van der Waals surface area contributed by atoms with E-state index >= 15 is 0 Å². The molecular formula is C18H23ClN2O3S. The second-order valence-corrected chi connectivity index (χ2v) is 8.82. The van der Waals surface area contributed by atoms with Gasteiger partial charge in [-0.2, -0.15) is 17.0 Å². The molecule has 0 bridgehead atoms. The van der Waals surface area contributed by atoms with Crippen LogP contribution in [-0.4, -0.2) is 37.2 Å². The molecule has 0 unspecified atom stereocenters. The van der Waals surface area contributed by atoms with Gasteiger partial charge in [-0.15, -0.1) is 0 Å². The molecule has 7 heteroatoms. The summed E-state index contributed by atoms with van der Waals surface area (Å²) in [5, 5.41) is 0.666. The molecule has 136 valence electrons. The van der Waals surface area contributed by atoms with Crippen LogP contribution < -0.4 is 0 Å². The lowest BCUT2D eigenvalue weighted by Gasteiger charge is -2.25. The van der Waals surface area contributed by atoms with Gasteiger partial charge < -0.3 is 4.42 Å². The smallest absolute Gasteiger partial charge is 0.282 e. The van der Waals surface area contributed by atoms with Gasteiger partial charge in [-0.25, -0.2) is 0 Å². The van der Waals surface area contributed by atoms with Crippen molar-refractivity contribution in [1.82, 2.24) is 8.61 Å². The molecule has 0 N–H and O–H groups in total. The Morgan fingerprint density at radius 2 is 1.68 bits per heavy atom. The molecule has 2 aromatic rings. The second kappa shape index (κ2) is 7.91. The summed E-state index contributed by atoms with van der Waals surface area (Å²) < 4.78 is 34.3. The normalized spacial score (nSPS) is 16.9. The van der Waals surface area contributed by atoms with E-state index in [1.807, 2.05) is 24.3 Å². The van der Waals surface area contributed by atoms with Crippen LogP contribution in [0.1, 0.15) is 31.4 Å². The van der Waals surface area contributed by atoms with Crippen molar-refractivity contribution >= 4 is 21.8 Å². The van der Waals surface area contributed by atoms with E-state index in [0.717, 1.165) is 31.2 Å². The molecule has 0 spiro atoms. The highest BCUT2D eigenvalue weighted by Gasteiger charge is 2.28. The minimum Gasteiger partial charge on any atom is -0.460 e. The SMILES string of the molecule is CN(Cc1ccc(-c2ccc(Cl)cc2)o1)S(=O)(=O)N1CCCCCC1. The number of furan rings is 1. The van der Waals surface area contributed by atoms with Crippen molar-refractivity contribution in [2.24, 2.45) is 0 Å². The van der Waals surface area contributed by atoms with Crippen LogP contribution in [0.5, 0.6) is 0 Å². The van der Waals surface area contributed by atoms with Crippen LogP contribution in [0.3, 0.4) is 0 Å². The third kappa shape index (κ3) is 4.44. The molecule has 3 rings (SSSR count).